The predicted octanol–water partition coefficient (Wildman–Crippen LogP) is 2.23. The Balaban J connectivity index is 2.10. The second kappa shape index (κ2) is 5.43. The molecule has 5 nitrogen and oxygen atoms in total. The molecule has 1 heterocycles. The number of carboxylic acids is 1. The first-order chi connectivity index (χ1) is 9.06. The molecule has 2 rings (SSSR count). The molecule has 0 saturated heterocycles. The first kappa shape index (κ1) is 12.9. The van der Waals surface area contributed by atoms with E-state index in [1.807, 2.05) is 0 Å². The summed E-state index contributed by atoms with van der Waals surface area (Å²) in [7, 11) is 0. The normalized spacial score (nSPS) is 10.2. The molecule has 19 heavy (non-hydrogen) atoms. The van der Waals surface area contributed by atoms with Crippen LogP contribution in [0.5, 0.6) is 0 Å². The van der Waals surface area contributed by atoms with Gasteiger partial charge >= 0.3 is 5.97 Å². The highest BCUT2D eigenvalue weighted by atomic mass is 19.1. The van der Waals surface area contributed by atoms with Crippen molar-refractivity contribution in [2.45, 2.75) is 13.5 Å². The molecule has 1 aromatic heterocycles. The lowest BCUT2D eigenvalue weighted by atomic mass is 10.2. The Morgan fingerprint density at radius 2 is 2.21 bits per heavy atom. The molecule has 0 bridgehead atoms. The van der Waals surface area contributed by atoms with Gasteiger partial charge in [-0.05, 0) is 31.2 Å². The van der Waals surface area contributed by atoms with Crippen molar-refractivity contribution >= 4 is 11.7 Å². The molecule has 0 fully saturated rings. The summed E-state index contributed by atoms with van der Waals surface area (Å²) in [5.74, 6) is -1.12. The van der Waals surface area contributed by atoms with Crippen molar-refractivity contribution in [2.24, 2.45) is 0 Å². The average Bonchev–Trinajstić information content (AvgIpc) is 2.37. The van der Waals surface area contributed by atoms with Gasteiger partial charge in [-0.3, -0.25) is 0 Å². The molecule has 1 aromatic carbocycles. The van der Waals surface area contributed by atoms with Gasteiger partial charge in [-0.1, -0.05) is 0 Å². The minimum atomic E-state index is -1.16. The van der Waals surface area contributed by atoms with Crippen LogP contribution in [0.15, 0.2) is 30.5 Å². The van der Waals surface area contributed by atoms with Crippen molar-refractivity contribution in [1.82, 2.24) is 9.97 Å². The minimum absolute atomic E-state index is 0.0825. The van der Waals surface area contributed by atoms with Gasteiger partial charge in [-0.25, -0.2) is 19.2 Å². The van der Waals surface area contributed by atoms with Crippen LogP contribution in [0.4, 0.5) is 10.1 Å². The first-order valence-electron chi connectivity index (χ1n) is 5.61. The van der Waals surface area contributed by atoms with Crippen molar-refractivity contribution in [3.63, 3.8) is 0 Å². The van der Waals surface area contributed by atoms with E-state index in [0.717, 1.165) is 11.8 Å². The van der Waals surface area contributed by atoms with Crippen LogP contribution in [-0.2, 0) is 6.54 Å². The number of anilines is 1. The van der Waals surface area contributed by atoms with Crippen molar-refractivity contribution in [3.8, 4) is 0 Å². The maximum atomic E-state index is 13.6. The van der Waals surface area contributed by atoms with E-state index in [4.69, 9.17) is 5.11 Å². The molecule has 98 valence electrons. The van der Waals surface area contributed by atoms with Crippen LogP contribution in [-0.4, -0.2) is 21.0 Å². The minimum Gasteiger partial charge on any atom is -0.478 e. The van der Waals surface area contributed by atoms with E-state index >= 15 is 0 Å². The second-order valence-corrected chi connectivity index (χ2v) is 3.95. The van der Waals surface area contributed by atoms with Crippen molar-refractivity contribution in [1.29, 1.82) is 0 Å². The van der Waals surface area contributed by atoms with Crippen molar-refractivity contribution < 1.29 is 14.3 Å². The molecule has 0 aliphatic carbocycles. The number of nitrogens with one attached hydrogen (secondary N) is 1. The number of hydrogen-bond acceptors (Lipinski definition) is 4. The molecule has 2 N–H and O–H groups in total. The van der Waals surface area contributed by atoms with Gasteiger partial charge in [0.2, 0.25) is 0 Å². The summed E-state index contributed by atoms with van der Waals surface area (Å²) in [4.78, 5) is 18.8. The van der Waals surface area contributed by atoms with E-state index < -0.39 is 11.8 Å². The zero-order valence-corrected chi connectivity index (χ0v) is 10.2. The molecule has 0 spiro atoms. The fourth-order valence-corrected chi connectivity index (χ4v) is 1.58. The Bertz CT molecular complexity index is 617. The maximum Gasteiger partial charge on any atom is 0.335 e. The van der Waals surface area contributed by atoms with E-state index in [0.29, 0.717) is 12.4 Å². The maximum absolute atomic E-state index is 13.6. The van der Waals surface area contributed by atoms with Crippen molar-refractivity contribution in [2.75, 3.05) is 5.32 Å². The number of rotatable bonds is 4. The molecule has 0 unspecified atom stereocenters. The van der Waals surface area contributed by atoms with Gasteiger partial charge in [0, 0.05) is 6.20 Å². The molecule has 0 amide bonds. The Kier molecular flexibility index (Phi) is 3.70. The largest absolute Gasteiger partial charge is 0.478 e. The number of benzene rings is 1. The van der Waals surface area contributed by atoms with Crippen LogP contribution in [0.2, 0.25) is 0 Å². The van der Waals surface area contributed by atoms with Gasteiger partial charge in [-0.15, -0.1) is 0 Å². The summed E-state index contributed by atoms with van der Waals surface area (Å²) >= 11 is 0. The van der Waals surface area contributed by atoms with E-state index in [-0.39, 0.29) is 11.3 Å². The lowest BCUT2D eigenvalue weighted by Gasteiger charge is -2.08. The number of nitrogens with zero attached hydrogens (tertiary/aromatic N) is 2. The monoisotopic (exact) mass is 261 g/mol. The number of carboxylic acid groups (broad SMARTS) is 1. The lowest BCUT2D eigenvalue weighted by molar-refractivity contribution is 0.0696. The highest BCUT2D eigenvalue weighted by Crippen LogP contribution is 2.16. The van der Waals surface area contributed by atoms with E-state index in [2.05, 4.69) is 15.3 Å². The molecule has 0 radical (unpaired) electrons. The topological polar surface area (TPSA) is 75.1 Å². The van der Waals surface area contributed by atoms with Gasteiger partial charge in [-0.2, -0.15) is 0 Å². The molecule has 0 saturated carbocycles. The van der Waals surface area contributed by atoms with Crippen LogP contribution in [0, 0.1) is 12.7 Å². The molecular formula is C13H12FN3O2. The summed E-state index contributed by atoms with van der Waals surface area (Å²) < 4.78 is 13.6. The van der Waals surface area contributed by atoms with E-state index in [1.165, 1.54) is 12.1 Å². The standard InChI is InChI=1S/C13H12FN3O2/c1-8-15-5-4-10(17-8)7-16-12-3-2-9(13(18)19)6-11(12)14/h2-6,16H,7H2,1H3,(H,18,19). The van der Waals surface area contributed by atoms with E-state index in [1.54, 1.807) is 19.2 Å². The molecule has 2 aromatic rings. The zero-order chi connectivity index (χ0) is 13.8. The van der Waals surface area contributed by atoms with E-state index in [9.17, 15) is 9.18 Å². The average molecular weight is 261 g/mol. The van der Waals surface area contributed by atoms with Gasteiger partial charge in [0.25, 0.3) is 0 Å². The summed E-state index contributed by atoms with van der Waals surface area (Å²) in [6.45, 7) is 2.11. The lowest BCUT2D eigenvalue weighted by Crippen LogP contribution is -2.05. The Morgan fingerprint density at radius 3 is 2.84 bits per heavy atom. The van der Waals surface area contributed by atoms with Gasteiger partial charge < -0.3 is 10.4 Å². The number of hydrogen-bond donors (Lipinski definition) is 2. The number of aromatic carboxylic acids is 1. The van der Waals surface area contributed by atoms with Crippen molar-refractivity contribution in [3.05, 3.63) is 53.4 Å². The smallest absolute Gasteiger partial charge is 0.335 e. The third-order valence-corrected chi connectivity index (χ3v) is 2.51. The fraction of sp³-hybridized carbons (Fsp3) is 0.154. The quantitative estimate of drug-likeness (QED) is 0.882. The third kappa shape index (κ3) is 3.25. The van der Waals surface area contributed by atoms with Crippen LogP contribution < -0.4 is 5.32 Å². The number of aromatic nitrogens is 2. The van der Waals surface area contributed by atoms with Crippen LogP contribution in [0.3, 0.4) is 0 Å². The number of carbonyl (C=O) groups is 1. The molecule has 0 atom stereocenters. The zero-order valence-electron chi connectivity index (χ0n) is 10.2. The highest BCUT2D eigenvalue weighted by molar-refractivity contribution is 5.88. The molecule has 0 aliphatic heterocycles. The van der Waals surface area contributed by atoms with Crippen LogP contribution in [0.1, 0.15) is 21.9 Å². The predicted molar refractivity (Wildman–Crippen MR) is 67.5 cm³/mol. The molecule has 6 heteroatoms. The number of halogens is 1. The Morgan fingerprint density at radius 1 is 1.42 bits per heavy atom. The second-order valence-electron chi connectivity index (χ2n) is 3.95. The van der Waals surface area contributed by atoms with Gasteiger partial charge in [0.05, 0.1) is 23.5 Å². The summed E-state index contributed by atoms with van der Waals surface area (Å²) in [6, 6.07) is 5.45. The first-order valence-corrected chi connectivity index (χ1v) is 5.61. The van der Waals surface area contributed by atoms with Gasteiger partial charge in [0.15, 0.2) is 0 Å². The Labute approximate surface area is 109 Å². The fourth-order valence-electron chi connectivity index (χ4n) is 1.58. The molecular weight excluding hydrogens is 249 g/mol. The van der Waals surface area contributed by atoms with Gasteiger partial charge in [0.1, 0.15) is 11.6 Å². The summed E-state index contributed by atoms with van der Waals surface area (Å²) in [6.07, 6.45) is 1.63. The summed E-state index contributed by atoms with van der Waals surface area (Å²) in [5.41, 5.74) is 0.886. The Hall–Kier alpha value is -2.50. The summed E-state index contributed by atoms with van der Waals surface area (Å²) in [5, 5.41) is 11.6. The SMILES string of the molecule is Cc1nccc(CNc2ccc(C(=O)O)cc2F)n1. The third-order valence-electron chi connectivity index (χ3n) is 2.51. The molecule has 0 aliphatic rings. The van der Waals surface area contributed by atoms with Crippen LogP contribution >= 0.6 is 0 Å². The highest BCUT2D eigenvalue weighted by Gasteiger charge is 2.08. The van der Waals surface area contributed by atoms with Crippen LogP contribution in [0.25, 0.3) is 0 Å². The number of aryl methyl sites for hydroxylation is 1.